The molecule has 0 radical (unpaired) electrons. The van der Waals surface area contributed by atoms with Gasteiger partial charge < -0.3 is 10.1 Å². The molecule has 0 atom stereocenters. The highest BCUT2D eigenvalue weighted by molar-refractivity contribution is 6.12. The quantitative estimate of drug-likeness (QED) is 0.648. The fourth-order valence-corrected chi connectivity index (χ4v) is 2.31. The van der Waals surface area contributed by atoms with Crippen LogP contribution in [0.25, 0.3) is 11.3 Å². The van der Waals surface area contributed by atoms with Crippen molar-refractivity contribution in [2.75, 3.05) is 0 Å². The van der Waals surface area contributed by atoms with Gasteiger partial charge in [-0.25, -0.2) is 0 Å². The van der Waals surface area contributed by atoms with Crippen LogP contribution < -0.4 is 5.56 Å². The van der Waals surface area contributed by atoms with E-state index in [2.05, 4.69) is 4.98 Å². The average Bonchev–Trinajstić information content (AvgIpc) is 2.55. The van der Waals surface area contributed by atoms with Gasteiger partial charge in [0.1, 0.15) is 11.3 Å². The number of aromatic nitrogens is 1. The Morgan fingerprint density at radius 1 is 0.955 bits per heavy atom. The van der Waals surface area contributed by atoms with Crippen LogP contribution in [0.3, 0.4) is 0 Å². The number of pyridine rings is 1. The molecule has 0 amide bonds. The lowest BCUT2D eigenvalue weighted by Gasteiger charge is -2.08. The van der Waals surface area contributed by atoms with Gasteiger partial charge >= 0.3 is 0 Å². The minimum atomic E-state index is -0.479. The zero-order valence-corrected chi connectivity index (χ0v) is 11.7. The number of benzene rings is 2. The molecule has 0 spiro atoms. The second-order valence-electron chi connectivity index (χ2n) is 4.88. The Kier molecular flexibility index (Phi) is 3.58. The van der Waals surface area contributed by atoms with Gasteiger partial charge in [-0.3, -0.25) is 10.2 Å². The zero-order valence-electron chi connectivity index (χ0n) is 11.7. The summed E-state index contributed by atoms with van der Waals surface area (Å²) in [6.45, 7) is 0. The standard InChI is InChI=1S/C18H14N2O2/c19-17(13-9-5-2-6-10-13)16-15(21)11-14(20-18(16)22)12-7-3-1-4-8-12/h1-11,19H,(H2,20,21,22). The third kappa shape index (κ3) is 2.54. The van der Waals surface area contributed by atoms with Crippen molar-refractivity contribution < 1.29 is 5.11 Å². The summed E-state index contributed by atoms with van der Waals surface area (Å²) in [5, 5.41) is 18.4. The highest BCUT2D eigenvalue weighted by Crippen LogP contribution is 2.23. The molecule has 4 heteroatoms. The number of aromatic hydroxyl groups is 1. The topological polar surface area (TPSA) is 76.9 Å². The molecule has 0 aliphatic carbocycles. The van der Waals surface area contributed by atoms with E-state index in [0.717, 1.165) is 5.56 Å². The molecule has 0 aliphatic rings. The van der Waals surface area contributed by atoms with Gasteiger partial charge in [0.25, 0.3) is 5.56 Å². The number of hydrogen-bond donors (Lipinski definition) is 3. The van der Waals surface area contributed by atoms with E-state index in [-0.39, 0.29) is 17.0 Å². The van der Waals surface area contributed by atoms with Crippen molar-refractivity contribution in [3.63, 3.8) is 0 Å². The largest absolute Gasteiger partial charge is 0.507 e. The molecule has 0 saturated heterocycles. The van der Waals surface area contributed by atoms with E-state index in [1.165, 1.54) is 6.07 Å². The van der Waals surface area contributed by atoms with Gasteiger partial charge in [0, 0.05) is 11.6 Å². The van der Waals surface area contributed by atoms with Crippen LogP contribution >= 0.6 is 0 Å². The maximum atomic E-state index is 12.3. The first-order valence-electron chi connectivity index (χ1n) is 6.83. The third-order valence-corrected chi connectivity index (χ3v) is 3.41. The summed E-state index contributed by atoms with van der Waals surface area (Å²) in [5.74, 6) is -0.198. The molecular weight excluding hydrogens is 276 g/mol. The molecule has 1 heterocycles. The molecule has 2 aromatic carbocycles. The Hall–Kier alpha value is -3.14. The summed E-state index contributed by atoms with van der Waals surface area (Å²) in [6, 6.07) is 19.6. The monoisotopic (exact) mass is 290 g/mol. The van der Waals surface area contributed by atoms with Gasteiger partial charge in [-0.2, -0.15) is 0 Å². The minimum Gasteiger partial charge on any atom is -0.507 e. The van der Waals surface area contributed by atoms with E-state index < -0.39 is 5.56 Å². The van der Waals surface area contributed by atoms with Gasteiger partial charge in [-0.05, 0) is 5.56 Å². The molecule has 3 aromatic rings. The lowest BCUT2D eigenvalue weighted by atomic mass is 10.0. The van der Waals surface area contributed by atoms with Crippen molar-refractivity contribution in [2.24, 2.45) is 0 Å². The SMILES string of the molecule is N=C(c1ccccc1)c1c(O)cc(-c2ccccc2)[nH]c1=O. The van der Waals surface area contributed by atoms with Crippen molar-refractivity contribution in [3.8, 4) is 17.0 Å². The predicted octanol–water partition coefficient (Wildman–Crippen LogP) is 3.16. The van der Waals surface area contributed by atoms with E-state index in [9.17, 15) is 9.90 Å². The molecular formula is C18H14N2O2. The molecule has 4 nitrogen and oxygen atoms in total. The molecule has 0 aliphatic heterocycles. The molecule has 1 aromatic heterocycles. The zero-order chi connectivity index (χ0) is 15.5. The lowest BCUT2D eigenvalue weighted by molar-refractivity contribution is 0.473. The van der Waals surface area contributed by atoms with E-state index in [0.29, 0.717) is 11.3 Å². The summed E-state index contributed by atoms with van der Waals surface area (Å²) in [6.07, 6.45) is 0. The van der Waals surface area contributed by atoms with Crippen LogP contribution in [0.5, 0.6) is 5.75 Å². The molecule has 108 valence electrons. The molecule has 0 fully saturated rings. The van der Waals surface area contributed by atoms with Crippen molar-refractivity contribution in [3.05, 3.63) is 88.2 Å². The number of rotatable bonds is 3. The first-order chi connectivity index (χ1) is 10.7. The van der Waals surface area contributed by atoms with Gasteiger partial charge in [0.05, 0.1) is 11.4 Å². The Balaban J connectivity index is 2.08. The Morgan fingerprint density at radius 2 is 1.55 bits per heavy atom. The Labute approximate surface area is 127 Å². The fraction of sp³-hybridized carbons (Fsp3) is 0. The van der Waals surface area contributed by atoms with Gasteiger partial charge in [0.2, 0.25) is 0 Å². The highest BCUT2D eigenvalue weighted by Gasteiger charge is 2.15. The van der Waals surface area contributed by atoms with E-state index in [1.807, 2.05) is 36.4 Å². The Morgan fingerprint density at radius 3 is 2.14 bits per heavy atom. The van der Waals surface area contributed by atoms with E-state index in [4.69, 9.17) is 5.41 Å². The normalized spacial score (nSPS) is 10.4. The van der Waals surface area contributed by atoms with Crippen molar-refractivity contribution in [1.29, 1.82) is 5.41 Å². The second-order valence-corrected chi connectivity index (χ2v) is 4.88. The predicted molar refractivity (Wildman–Crippen MR) is 86.5 cm³/mol. The van der Waals surface area contributed by atoms with Gasteiger partial charge in [-0.1, -0.05) is 60.7 Å². The summed E-state index contributed by atoms with van der Waals surface area (Å²) < 4.78 is 0. The summed E-state index contributed by atoms with van der Waals surface area (Å²) in [4.78, 5) is 15.0. The highest BCUT2D eigenvalue weighted by atomic mass is 16.3. The van der Waals surface area contributed by atoms with Crippen molar-refractivity contribution >= 4 is 5.71 Å². The minimum absolute atomic E-state index is 0.000961. The molecule has 0 saturated carbocycles. The Bertz CT molecular complexity index is 869. The van der Waals surface area contributed by atoms with Crippen LogP contribution in [-0.2, 0) is 0 Å². The van der Waals surface area contributed by atoms with Crippen LogP contribution in [-0.4, -0.2) is 15.8 Å². The first-order valence-corrected chi connectivity index (χ1v) is 6.83. The lowest BCUT2D eigenvalue weighted by Crippen LogP contribution is -2.19. The molecule has 0 unspecified atom stereocenters. The van der Waals surface area contributed by atoms with Crippen LogP contribution in [0.15, 0.2) is 71.5 Å². The van der Waals surface area contributed by atoms with Crippen molar-refractivity contribution in [1.82, 2.24) is 4.98 Å². The van der Waals surface area contributed by atoms with Gasteiger partial charge in [-0.15, -0.1) is 0 Å². The summed E-state index contributed by atoms with van der Waals surface area (Å²) in [7, 11) is 0. The number of hydrogen-bond acceptors (Lipinski definition) is 3. The fourth-order valence-electron chi connectivity index (χ4n) is 2.31. The van der Waals surface area contributed by atoms with Crippen LogP contribution in [0, 0.1) is 5.41 Å². The third-order valence-electron chi connectivity index (χ3n) is 3.41. The van der Waals surface area contributed by atoms with Crippen LogP contribution in [0.2, 0.25) is 0 Å². The summed E-state index contributed by atoms with van der Waals surface area (Å²) in [5.41, 5.74) is 1.40. The molecule has 0 bridgehead atoms. The maximum Gasteiger partial charge on any atom is 0.261 e. The number of aromatic amines is 1. The van der Waals surface area contributed by atoms with Crippen molar-refractivity contribution in [2.45, 2.75) is 0 Å². The first kappa shape index (κ1) is 13.8. The van der Waals surface area contributed by atoms with Crippen LogP contribution in [0.1, 0.15) is 11.1 Å². The average molecular weight is 290 g/mol. The van der Waals surface area contributed by atoms with Gasteiger partial charge in [0.15, 0.2) is 0 Å². The maximum absolute atomic E-state index is 12.3. The number of H-pyrrole nitrogens is 1. The van der Waals surface area contributed by atoms with E-state index >= 15 is 0 Å². The van der Waals surface area contributed by atoms with E-state index in [1.54, 1.807) is 24.3 Å². The molecule has 3 N–H and O–H groups in total. The van der Waals surface area contributed by atoms with Crippen LogP contribution in [0.4, 0.5) is 0 Å². The smallest absolute Gasteiger partial charge is 0.261 e. The second kappa shape index (κ2) is 5.69. The number of nitrogens with one attached hydrogen (secondary N) is 2. The molecule has 3 rings (SSSR count). The molecule has 22 heavy (non-hydrogen) atoms. The summed E-state index contributed by atoms with van der Waals surface area (Å²) >= 11 is 0.